The van der Waals surface area contributed by atoms with Crippen LogP contribution >= 0.6 is 15.9 Å². The molecular weight excluding hydrogens is 252 g/mol. The van der Waals surface area contributed by atoms with Crippen molar-refractivity contribution in [2.75, 3.05) is 11.4 Å². The molecule has 0 amide bonds. The highest BCUT2D eigenvalue weighted by molar-refractivity contribution is 9.10. The van der Waals surface area contributed by atoms with Gasteiger partial charge in [-0.25, -0.2) is 0 Å². The van der Waals surface area contributed by atoms with Crippen LogP contribution in [0.3, 0.4) is 0 Å². The fraction of sp³-hybridized carbons (Fsp3) is 0.500. The summed E-state index contributed by atoms with van der Waals surface area (Å²) in [6, 6.07) is 6.83. The van der Waals surface area contributed by atoms with Crippen LogP contribution in [0.4, 0.5) is 5.69 Å². The molecule has 1 aromatic carbocycles. The van der Waals surface area contributed by atoms with Crippen LogP contribution in [0.15, 0.2) is 22.7 Å². The highest BCUT2D eigenvalue weighted by Gasteiger charge is 2.11. The van der Waals surface area contributed by atoms with E-state index in [-0.39, 0.29) is 0 Å². The van der Waals surface area contributed by atoms with Crippen LogP contribution in [0.1, 0.15) is 26.3 Å². The average Bonchev–Trinajstić information content (AvgIpc) is 2.20. The molecule has 0 saturated carbocycles. The third kappa shape index (κ3) is 2.95. The first-order valence-corrected chi connectivity index (χ1v) is 6.14. The number of anilines is 1. The molecule has 2 N–H and O–H groups in total. The summed E-state index contributed by atoms with van der Waals surface area (Å²) in [5.74, 6) is 0. The summed E-state index contributed by atoms with van der Waals surface area (Å²) in [5.41, 5.74) is 8.00. The second-order valence-corrected chi connectivity index (χ2v) is 4.72. The quantitative estimate of drug-likeness (QED) is 0.911. The van der Waals surface area contributed by atoms with Gasteiger partial charge in [0.1, 0.15) is 0 Å². The molecule has 0 spiro atoms. The first kappa shape index (κ1) is 12.5. The molecule has 0 saturated heterocycles. The summed E-state index contributed by atoms with van der Waals surface area (Å²) in [7, 11) is 0. The van der Waals surface area contributed by atoms with Crippen LogP contribution in [0.5, 0.6) is 0 Å². The van der Waals surface area contributed by atoms with Crippen LogP contribution in [-0.2, 0) is 6.54 Å². The molecule has 0 unspecified atom stereocenters. The first-order valence-electron chi connectivity index (χ1n) is 5.35. The Morgan fingerprint density at radius 2 is 2.07 bits per heavy atom. The van der Waals surface area contributed by atoms with Crippen LogP contribution in [0.25, 0.3) is 0 Å². The number of nitrogens with zero attached hydrogens (tertiary/aromatic N) is 1. The van der Waals surface area contributed by atoms with Crippen molar-refractivity contribution in [1.82, 2.24) is 0 Å². The Kier molecular flexibility index (Phi) is 4.61. The normalized spacial score (nSPS) is 10.8. The standard InChI is InChI=1S/C12H19BrN2/c1-4-15(9(2)3)12-6-5-10(8-14)7-11(12)13/h5-7,9H,4,8,14H2,1-3H3. The molecule has 0 aromatic heterocycles. The van der Waals surface area contributed by atoms with Crippen molar-refractivity contribution in [3.05, 3.63) is 28.2 Å². The van der Waals surface area contributed by atoms with Gasteiger partial charge >= 0.3 is 0 Å². The van der Waals surface area contributed by atoms with Gasteiger partial charge in [-0.3, -0.25) is 0 Å². The second-order valence-electron chi connectivity index (χ2n) is 3.87. The summed E-state index contributed by atoms with van der Waals surface area (Å²) in [4.78, 5) is 2.35. The highest BCUT2D eigenvalue weighted by atomic mass is 79.9. The number of hydrogen-bond donors (Lipinski definition) is 1. The molecule has 84 valence electrons. The second kappa shape index (κ2) is 5.52. The molecule has 0 fully saturated rings. The lowest BCUT2D eigenvalue weighted by atomic mass is 10.1. The van der Waals surface area contributed by atoms with E-state index in [9.17, 15) is 0 Å². The molecule has 1 rings (SSSR count). The van der Waals surface area contributed by atoms with Crippen molar-refractivity contribution < 1.29 is 0 Å². The molecule has 2 nitrogen and oxygen atoms in total. The lowest BCUT2D eigenvalue weighted by Gasteiger charge is -2.28. The Hall–Kier alpha value is -0.540. The predicted octanol–water partition coefficient (Wildman–Crippen LogP) is 3.14. The van der Waals surface area contributed by atoms with Gasteiger partial charge in [-0.1, -0.05) is 6.07 Å². The van der Waals surface area contributed by atoms with Crippen LogP contribution in [0, 0.1) is 0 Å². The van der Waals surface area contributed by atoms with E-state index in [0.717, 1.165) is 16.6 Å². The Bertz CT molecular complexity index is 323. The van der Waals surface area contributed by atoms with E-state index in [2.05, 4.69) is 59.8 Å². The van der Waals surface area contributed by atoms with E-state index in [1.54, 1.807) is 0 Å². The number of benzene rings is 1. The SMILES string of the molecule is CCN(c1ccc(CN)cc1Br)C(C)C. The number of halogens is 1. The van der Waals surface area contributed by atoms with Gasteiger partial charge < -0.3 is 10.6 Å². The van der Waals surface area contributed by atoms with E-state index < -0.39 is 0 Å². The van der Waals surface area contributed by atoms with Crippen LogP contribution in [0.2, 0.25) is 0 Å². The zero-order chi connectivity index (χ0) is 11.4. The maximum absolute atomic E-state index is 5.60. The fourth-order valence-corrected chi connectivity index (χ4v) is 2.38. The van der Waals surface area contributed by atoms with Crippen molar-refractivity contribution in [2.45, 2.75) is 33.4 Å². The summed E-state index contributed by atoms with van der Waals surface area (Å²) in [6.45, 7) is 8.17. The highest BCUT2D eigenvalue weighted by Crippen LogP contribution is 2.28. The van der Waals surface area contributed by atoms with Crippen molar-refractivity contribution in [3.63, 3.8) is 0 Å². The Balaban J connectivity index is 3.03. The molecule has 0 atom stereocenters. The third-order valence-electron chi connectivity index (χ3n) is 2.52. The molecule has 0 aliphatic rings. The number of hydrogen-bond acceptors (Lipinski definition) is 2. The summed E-state index contributed by atoms with van der Waals surface area (Å²) >= 11 is 3.60. The smallest absolute Gasteiger partial charge is 0.0513 e. The van der Waals surface area contributed by atoms with Crippen molar-refractivity contribution in [3.8, 4) is 0 Å². The lowest BCUT2D eigenvalue weighted by Crippen LogP contribution is -2.30. The van der Waals surface area contributed by atoms with Gasteiger partial charge in [-0.2, -0.15) is 0 Å². The van der Waals surface area contributed by atoms with Gasteiger partial charge in [0.25, 0.3) is 0 Å². The van der Waals surface area contributed by atoms with Gasteiger partial charge in [-0.05, 0) is 54.4 Å². The zero-order valence-electron chi connectivity index (χ0n) is 9.63. The van der Waals surface area contributed by atoms with E-state index in [4.69, 9.17) is 5.73 Å². The van der Waals surface area contributed by atoms with Crippen molar-refractivity contribution >= 4 is 21.6 Å². The van der Waals surface area contributed by atoms with E-state index in [1.165, 1.54) is 5.69 Å². The van der Waals surface area contributed by atoms with Gasteiger partial charge in [0, 0.05) is 23.6 Å². The number of rotatable bonds is 4. The van der Waals surface area contributed by atoms with Gasteiger partial charge in [0.15, 0.2) is 0 Å². The monoisotopic (exact) mass is 270 g/mol. The van der Waals surface area contributed by atoms with Gasteiger partial charge in [-0.15, -0.1) is 0 Å². The molecule has 0 bridgehead atoms. The minimum absolute atomic E-state index is 0.509. The molecule has 1 aromatic rings. The minimum Gasteiger partial charge on any atom is -0.368 e. The summed E-state index contributed by atoms with van der Waals surface area (Å²) in [5, 5.41) is 0. The summed E-state index contributed by atoms with van der Waals surface area (Å²) < 4.78 is 1.13. The zero-order valence-corrected chi connectivity index (χ0v) is 11.2. The molecule has 0 heterocycles. The largest absolute Gasteiger partial charge is 0.368 e. The van der Waals surface area contributed by atoms with E-state index in [1.807, 2.05) is 0 Å². The fourth-order valence-electron chi connectivity index (χ4n) is 1.72. The minimum atomic E-state index is 0.509. The van der Waals surface area contributed by atoms with E-state index in [0.29, 0.717) is 12.6 Å². The first-order chi connectivity index (χ1) is 7.10. The van der Waals surface area contributed by atoms with E-state index >= 15 is 0 Å². The maximum Gasteiger partial charge on any atom is 0.0513 e. The molecule has 0 aliphatic carbocycles. The average molecular weight is 271 g/mol. The predicted molar refractivity (Wildman–Crippen MR) is 70.2 cm³/mol. The molecule has 15 heavy (non-hydrogen) atoms. The third-order valence-corrected chi connectivity index (χ3v) is 3.16. The Morgan fingerprint density at radius 1 is 1.40 bits per heavy atom. The van der Waals surface area contributed by atoms with Crippen LogP contribution in [-0.4, -0.2) is 12.6 Å². The maximum atomic E-state index is 5.60. The molecule has 0 radical (unpaired) electrons. The van der Waals surface area contributed by atoms with Crippen LogP contribution < -0.4 is 10.6 Å². The molecule has 0 aliphatic heterocycles. The summed E-state index contributed by atoms with van der Waals surface area (Å²) in [6.07, 6.45) is 0. The lowest BCUT2D eigenvalue weighted by molar-refractivity contribution is 0.702. The van der Waals surface area contributed by atoms with Crippen molar-refractivity contribution in [1.29, 1.82) is 0 Å². The Labute approximate surface area is 101 Å². The Morgan fingerprint density at radius 3 is 2.47 bits per heavy atom. The van der Waals surface area contributed by atoms with Gasteiger partial charge in [0.05, 0.1) is 5.69 Å². The topological polar surface area (TPSA) is 29.3 Å². The van der Waals surface area contributed by atoms with Crippen molar-refractivity contribution in [2.24, 2.45) is 5.73 Å². The molecule has 3 heteroatoms. The number of nitrogens with two attached hydrogens (primary N) is 1. The molecular formula is C12H19BrN2. The van der Waals surface area contributed by atoms with Gasteiger partial charge in [0.2, 0.25) is 0 Å².